The van der Waals surface area contributed by atoms with Crippen molar-refractivity contribution in [1.29, 1.82) is 0 Å². The van der Waals surface area contributed by atoms with Crippen LogP contribution in [0.25, 0.3) is 0 Å². The number of hydrogen-bond donors (Lipinski definition) is 3. The zero-order valence-electron chi connectivity index (χ0n) is 13.1. The number of nitrogens with one attached hydrogen (secondary N) is 1. The number of amides is 1. The van der Waals surface area contributed by atoms with E-state index in [1.807, 2.05) is 0 Å². The van der Waals surface area contributed by atoms with Gasteiger partial charge in [-0.1, -0.05) is 13.8 Å². The van der Waals surface area contributed by atoms with Gasteiger partial charge in [-0.15, -0.1) is 0 Å². The molecular formula is C16H28N2O3. The number of carboxylic acid groups (broad SMARTS) is 1. The SMILES string of the molecule is CC(C)(CCN)CCC(=O)NC1C2CCC(C2)C1C(=O)O. The van der Waals surface area contributed by atoms with Gasteiger partial charge in [-0.3, -0.25) is 9.59 Å². The Kier molecular flexibility index (Phi) is 4.91. The Morgan fingerprint density at radius 3 is 2.52 bits per heavy atom. The summed E-state index contributed by atoms with van der Waals surface area (Å²) in [6.07, 6.45) is 5.14. The van der Waals surface area contributed by atoms with Crippen molar-refractivity contribution in [2.24, 2.45) is 28.9 Å². The summed E-state index contributed by atoms with van der Waals surface area (Å²) in [5.74, 6) is -0.534. The van der Waals surface area contributed by atoms with E-state index in [0.29, 0.717) is 18.9 Å². The Balaban J connectivity index is 1.86. The summed E-state index contributed by atoms with van der Waals surface area (Å²) in [7, 11) is 0. The maximum Gasteiger partial charge on any atom is 0.308 e. The Hall–Kier alpha value is -1.10. The summed E-state index contributed by atoms with van der Waals surface area (Å²) in [6, 6.07) is -0.161. The third-order valence-electron chi connectivity index (χ3n) is 5.38. The molecule has 0 saturated heterocycles. The zero-order chi connectivity index (χ0) is 15.6. The quantitative estimate of drug-likeness (QED) is 0.667. The molecule has 2 bridgehead atoms. The molecule has 120 valence electrons. The molecule has 21 heavy (non-hydrogen) atoms. The highest BCUT2D eigenvalue weighted by molar-refractivity contribution is 5.78. The minimum atomic E-state index is -0.754. The van der Waals surface area contributed by atoms with E-state index < -0.39 is 5.97 Å². The van der Waals surface area contributed by atoms with Gasteiger partial charge in [0, 0.05) is 12.5 Å². The summed E-state index contributed by atoms with van der Waals surface area (Å²) < 4.78 is 0. The number of rotatable bonds is 7. The molecule has 2 fully saturated rings. The number of aliphatic carboxylic acids is 1. The van der Waals surface area contributed by atoms with Crippen LogP contribution in [-0.4, -0.2) is 29.6 Å². The molecule has 4 N–H and O–H groups in total. The highest BCUT2D eigenvalue weighted by Gasteiger charge is 2.51. The smallest absolute Gasteiger partial charge is 0.308 e. The predicted molar refractivity (Wildman–Crippen MR) is 80.6 cm³/mol. The van der Waals surface area contributed by atoms with Gasteiger partial charge < -0.3 is 16.2 Å². The zero-order valence-corrected chi connectivity index (χ0v) is 13.1. The summed E-state index contributed by atoms with van der Waals surface area (Å²) in [4.78, 5) is 23.6. The van der Waals surface area contributed by atoms with Crippen LogP contribution >= 0.6 is 0 Å². The van der Waals surface area contributed by atoms with Crippen LogP contribution in [0.15, 0.2) is 0 Å². The molecule has 4 atom stereocenters. The standard InChI is InChI=1S/C16H28N2O3/c1-16(2,7-8-17)6-5-12(19)18-14-11-4-3-10(9-11)13(14)15(20)21/h10-11,13-14H,3-9,17H2,1-2H3,(H,18,19)(H,20,21). The van der Waals surface area contributed by atoms with Crippen molar-refractivity contribution in [3.05, 3.63) is 0 Å². The van der Waals surface area contributed by atoms with Crippen LogP contribution in [0.2, 0.25) is 0 Å². The lowest BCUT2D eigenvalue weighted by atomic mass is 9.83. The predicted octanol–water partition coefficient (Wildman–Crippen LogP) is 1.76. The molecule has 2 saturated carbocycles. The first kappa shape index (κ1) is 16.3. The Bertz CT molecular complexity index is 408. The van der Waals surface area contributed by atoms with Crippen molar-refractivity contribution < 1.29 is 14.7 Å². The van der Waals surface area contributed by atoms with Crippen LogP contribution in [0.5, 0.6) is 0 Å². The normalized spacial score (nSPS) is 31.4. The molecule has 0 aromatic carbocycles. The van der Waals surface area contributed by atoms with E-state index in [9.17, 15) is 14.7 Å². The highest BCUT2D eigenvalue weighted by atomic mass is 16.4. The molecule has 0 aliphatic heterocycles. The fourth-order valence-corrected chi connectivity index (χ4v) is 4.08. The van der Waals surface area contributed by atoms with Gasteiger partial charge in [0.05, 0.1) is 5.92 Å². The molecule has 5 heteroatoms. The monoisotopic (exact) mass is 296 g/mol. The van der Waals surface area contributed by atoms with Gasteiger partial charge in [-0.05, 0) is 55.9 Å². The van der Waals surface area contributed by atoms with E-state index in [1.165, 1.54) is 0 Å². The second-order valence-corrected chi connectivity index (χ2v) is 7.49. The van der Waals surface area contributed by atoms with Gasteiger partial charge in [0.25, 0.3) is 0 Å². The van der Waals surface area contributed by atoms with Crippen molar-refractivity contribution in [3.8, 4) is 0 Å². The Labute approximate surface area is 126 Å². The van der Waals surface area contributed by atoms with Crippen molar-refractivity contribution in [1.82, 2.24) is 5.32 Å². The number of carbonyl (C=O) groups excluding carboxylic acids is 1. The third kappa shape index (κ3) is 3.76. The molecule has 2 aliphatic carbocycles. The molecule has 0 radical (unpaired) electrons. The highest BCUT2D eigenvalue weighted by Crippen LogP contribution is 2.48. The van der Waals surface area contributed by atoms with Crippen molar-refractivity contribution in [2.45, 2.75) is 58.4 Å². The van der Waals surface area contributed by atoms with Crippen LogP contribution in [-0.2, 0) is 9.59 Å². The van der Waals surface area contributed by atoms with Gasteiger partial charge in [-0.25, -0.2) is 0 Å². The number of carbonyl (C=O) groups is 2. The molecular weight excluding hydrogens is 268 g/mol. The fourth-order valence-electron chi connectivity index (χ4n) is 4.08. The molecule has 0 aromatic rings. The maximum absolute atomic E-state index is 12.2. The van der Waals surface area contributed by atoms with Crippen molar-refractivity contribution in [3.63, 3.8) is 0 Å². The van der Waals surface area contributed by atoms with E-state index in [-0.39, 0.29) is 29.2 Å². The number of nitrogens with two attached hydrogens (primary N) is 1. The molecule has 5 nitrogen and oxygen atoms in total. The van der Waals surface area contributed by atoms with E-state index in [1.54, 1.807) is 0 Å². The summed E-state index contributed by atoms with van der Waals surface area (Å²) in [6.45, 7) is 4.86. The van der Waals surface area contributed by atoms with Gasteiger partial charge in [0.15, 0.2) is 0 Å². The molecule has 2 aliphatic rings. The topological polar surface area (TPSA) is 92.4 Å². The largest absolute Gasteiger partial charge is 0.481 e. The lowest BCUT2D eigenvalue weighted by Gasteiger charge is -2.29. The van der Waals surface area contributed by atoms with E-state index in [0.717, 1.165) is 32.1 Å². The lowest BCUT2D eigenvalue weighted by Crippen LogP contribution is -2.46. The first-order chi connectivity index (χ1) is 9.84. The van der Waals surface area contributed by atoms with Gasteiger partial charge in [0.2, 0.25) is 5.91 Å². The summed E-state index contributed by atoms with van der Waals surface area (Å²) in [5, 5.41) is 12.4. The molecule has 1 amide bonds. The second kappa shape index (κ2) is 6.34. The number of hydrogen-bond acceptors (Lipinski definition) is 3. The number of carboxylic acids is 1. The lowest BCUT2D eigenvalue weighted by molar-refractivity contribution is -0.144. The van der Waals surface area contributed by atoms with Crippen LogP contribution in [0.4, 0.5) is 0 Å². The van der Waals surface area contributed by atoms with Crippen molar-refractivity contribution in [2.75, 3.05) is 6.54 Å². The van der Waals surface area contributed by atoms with E-state index >= 15 is 0 Å². The first-order valence-electron chi connectivity index (χ1n) is 8.06. The van der Waals surface area contributed by atoms with Crippen LogP contribution in [0.1, 0.15) is 52.4 Å². The minimum Gasteiger partial charge on any atom is -0.481 e. The number of fused-ring (bicyclic) bond motifs is 2. The first-order valence-corrected chi connectivity index (χ1v) is 8.06. The van der Waals surface area contributed by atoms with Crippen LogP contribution in [0.3, 0.4) is 0 Å². The van der Waals surface area contributed by atoms with Gasteiger partial charge >= 0.3 is 5.97 Å². The van der Waals surface area contributed by atoms with Gasteiger partial charge in [0.1, 0.15) is 0 Å². The Morgan fingerprint density at radius 2 is 1.90 bits per heavy atom. The van der Waals surface area contributed by atoms with Gasteiger partial charge in [-0.2, -0.15) is 0 Å². The fraction of sp³-hybridized carbons (Fsp3) is 0.875. The molecule has 0 heterocycles. The summed E-state index contributed by atoms with van der Waals surface area (Å²) >= 11 is 0. The van der Waals surface area contributed by atoms with E-state index in [4.69, 9.17) is 5.73 Å². The maximum atomic E-state index is 12.2. The molecule has 4 unspecified atom stereocenters. The van der Waals surface area contributed by atoms with E-state index in [2.05, 4.69) is 19.2 Å². The molecule has 0 aromatic heterocycles. The van der Waals surface area contributed by atoms with Crippen molar-refractivity contribution >= 4 is 11.9 Å². The minimum absolute atomic E-state index is 0.0103. The third-order valence-corrected chi connectivity index (χ3v) is 5.38. The average molecular weight is 296 g/mol. The second-order valence-electron chi connectivity index (χ2n) is 7.49. The Morgan fingerprint density at radius 1 is 1.24 bits per heavy atom. The van der Waals surface area contributed by atoms with Crippen LogP contribution < -0.4 is 11.1 Å². The molecule has 0 spiro atoms. The van der Waals surface area contributed by atoms with Crippen LogP contribution in [0, 0.1) is 23.2 Å². The summed E-state index contributed by atoms with van der Waals surface area (Å²) in [5.41, 5.74) is 5.64. The average Bonchev–Trinajstić information content (AvgIpc) is 2.97. The molecule has 2 rings (SSSR count).